The normalized spacial score (nSPS) is 24.5. The van der Waals surface area contributed by atoms with Crippen molar-refractivity contribution in [2.24, 2.45) is 11.8 Å². The molecule has 0 aromatic carbocycles. The zero-order valence-electron chi connectivity index (χ0n) is 11.5. The highest BCUT2D eigenvalue weighted by Crippen LogP contribution is 2.31. The van der Waals surface area contributed by atoms with Gasteiger partial charge in [-0.05, 0) is 31.6 Å². The van der Waals surface area contributed by atoms with Gasteiger partial charge in [-0.15, -0.1) is 0 Å². The van der Waals surface area contributed by atoms with Gasteiger partial charge in [-0.25, -0.2) is 0 Å². The van der Waals surface area contributed by atoms with Gasteiger partial charge < -0.3 is 10.6 Å². The number of rotatable bonds is 5. The van der Waals surface area contributed by atoms with Crippen molar-refractivity contribution in [3.8, 4) is 0 Å². The largest absolute Gasteiger partial charge is 0.393 e. The number of halogens is 3. The maximum Gasteiger partial charge on any atom is 0.393 e. The highest BCUT2D eigenvalue weighted by Gasteiger charge is 2.42. The molecule has 112 valence electrons. The van der Waals surface area contributed by atoms with Crippen LogP contribution in [0.1, 0.15) is 39.5 Å². The molecule has 3 nitrogen and oxygen atoms in total. The number of carbonyl (C=O) groups excluding carboxylic acids is 1. The zero-order valence-corrected chi connectivity index (χ0v) is 11.5. The van der Waals surface area contributed by atoms with Crippen molar-refractivity contribution < 1.29 is 18.0 Å². The van der Waals surface area contributed by atoms with E-state index in [-0.39, 0.29) is 25.3 Å². The summed E-state index contributed by atoms with van der Waals surface area (Å²) in [6.07, 6.45) is -1.94. The van der Waals surface area contributed by atoms with Gasteiger partial charge in [-0.2, -0.15) is 13.2 Å². The minimum atomic E-state index is -4.16. The average molecular weight is 280 g/mol. The molecule has 2 atom stereocenters. The average Bonchev–Trinajstić information content (AvgIpc) is 2.33. The van der Waals surface area contributed by atoms with Crippen LogP contribution in [-0.2, 0) is 4.79 Å². The molecule has 1 rings (SSSR count). The maximum absolute atomic E-state index is 12.5. The Morgan fingerprint density at radius 1 is 1.37 bits per heavy atom. The van der Waals surface area contributed by atoms with Crippen molar-refractivity contribution in [2.75, 3.05) is 13.1 Å². The van der Waals surface area contributed by atoms with Gasteiger partial charge in [-0.3, -0.25) is 4.79 Å². The summed E-state index contributed by atoms with van der Waals surface area (Å²) in [7, 11) is 0. The predicted molar refractivity (Wildman–Crippen MR) is 67.7 cm³/mol. The van der Waals surface area contributed by atoms with Crippen molar-refractivity contribution in [3.05, 3.63) is 0 Å². The van der Waals surface area contributed by atoms with Crippen LogP contribution in [-0.4, -0.2) is 31.2 Å². The molecule has 0 bridgehead atoms. The second-order valence-electron chi connectivity index (χ2n) is 5.60. The molecule has 1 amide bonds. The van der Waals surface area contributed by atoms with Gasteiger partial charge in [0.15, 0.2) is 0 Å². The molecule has 1 aliphatic heterocycles. The van der Waals surface area contributed by atoms with E-state index in [4.69, 9.17) is 0 Å². The Morgan fingerprint density at radius 3 is 2.53 bits per heavy atom. The van der Waals surface area contributed by atoms with E-state index < -0.39 is 18.1 Å². The number of piperidine rings is 1. The molecule has 2 unspecified atom stereocenters. The fraction of sp³-hybridized carbons (Fsp3) is 0.923. The van der Waals surface area contributed by atoms with Gasteiger partial charge in [0, 0.05) is 13.1 Å². The van der Waals surface area contributed by atoms with E-state index in [2.05, 4.69) is 24.5 Å². The summed E-state index contributed by atoms with van der Waals surface area (Å²) in [5.41, 5.74) is 0. The molecule has 0 saturated carbocycles. The molecule has 0 aromatic heterocycles. The monoisotopic (exact) mass is 280 g/mol. The Hall–Kier alpha value is -0.780. The van der Waals surface area contributed by atoms with E-state index in [1.165, 1.54) is 0 Å². The van der Waals surface area contributed by atoms with Gasteiger partial charge in [0.25, 0.3) is 0 Å². The lowest BCUT2D eigenvalue weighted by Crippen LogP contribution is -2.51. The molecule has 0 radical (unpaired) electrons. The van der Waals surface area contributed by atoms with Crippen molar-refractivity contribution in [2.45, 2.75) is 51.7 Å². The first kappa shape index (κ1) is 16.3. The van der Waals surface area contributed by atoms with Crippen LogP contribution in [0.15, 0.2) is 0 Å². The summed E-state index contributed by atoms with van der Waals surface area (Å²) in [4.78, 5) is 11.7. The fourth-order valence-electron chi connectivity index (χ4n) is 2.20. The molecule has 1 heterocycles. The van der Waals surface area contributed by atoms with Crippen LogP contribution in [0.5, 0.6) is 0 Å². The van der Waals surface area contributed by atoms with Crippen molar-refractivity contribution in [3.63, 3.8) is 0 Å². The Morgan fingerprint density at radius 2 is 2.05 bits per heavy atom. The van der Waals surface area contributed by atoms with E-state index in [9.17, 15) is 18.0 Å². The van der Waals surface area contributed by atoms with Crippen LogP contribution in [0.3, 0.4) is 0 Å². The van der Waals surface area contributed by atoms with E-state index in [0.717, 1.165) is 12.8 Å². The summed E-state index contributed by atoms with van der Waals surface area (Å²) in [6.45, 7) is 4.66. The van der Waals surface area contributed by atoms with Gasteiger partial charge >= 0.3 is 6.18 Å². The Balaban J connectivity index is 2.22. The minimum absolute atomic E-state index is 0.0284. The molecule has 0 aromatic rings. The quantitative estimate of drug-likeness (QED) is 0.760. The maximum atomic E-state index is 12.5. The SMILES string of the molecule is CC(C)CCCNC(=O)C1CCC(C(F)(F)F)CN1. The third-order valence-electron chi connectivity index (χ3n) is 3.45. The van der Waals surface area contributed by atoms with Crippen molar-refractivity contribution in [1.82, 2.24) is 10.6 Å². The van der Waals surface area contributed by atoms with Crippen LogP contribution in [0, 0.1) is 11.8 Å². The van der Waals surface area contributed by atoms with Crippen LogP contribution < -0.4 is 10.6 Å². The lowest BCUT2D eigenvalue weighted by Gasteiger charge is -2.30. The summed E-state index contributed by atoms with van der Waals surface area (Å²) < 4.78 is 37.4. The summed E-state index contributed by atoms with van der Waals surface area (Å²) in [5, 5.41) is 5.47. The van der Waals surface area contributed by atoms with Crippen LogP contribution in [0.25, 0.3) is 0 Å². The third-order valence-corrected chi connectivity index (χ3v) is 3.45. The summed E-state index contributed by atoms with van der Waals surface area (Å²) >= 11 is 0. The number of hydrogen-bond acceptors (Lipinski definition) is 2. The first-order valence-corrected chi connectivity index (χ1v) is 6.88. The zero-order chi connectivity index (χ0) is 14.5. The molecule has 0 spiro atoms. The third kappa shape index (κ3) is 5.80. The molecule has 1 saturated heterocycles. The van der Waals surface area contributed by atoms with Gasteiger partial charge in [0.1, 0.15) is 0 Å². The Kier molecular flexibility index (Phi) is 6.10. The minimum Gasteiger partial charge on any atom is -0.355 e. The second-order valence-corrected chi connectivity index (χ2v) is 5.60. The number of alkyl halides is 3. The molecular weight excluding hydrogens is 257 g/mol. The molecule has 6 heteroatoms. The van der Waals surface area contributed by atoms with Crippen molar-refractivity contribution >= 4 is 5.91 Å². The number of hydrogen-bond donors (Lipinski definition) is 2. The predicted octanol–water partition coefficient (Wildman–Crippen LogP) is 2.47. The summed E-state index contributed by atoms with van der Waals surface area (Å²) in [6, 6.07) is -0.474. The lowest BCUT2D eigenvalue weighted by molar-refractivity contribution is -0.180. The molecular formula is C13H23F3N2O. The van der Waals surface area contributed by atoms with Gasteiger partial charge in [0.2, 0.25) is 5.91 Å². The summed E-state index contributed by atoms with van der Waals surface area (Å²) in [5.74, 6) is -0.904. The number of carbonyl (C=O) groups is 1. The van der Waals surface area contributed by atoms with Crippen LogP contribution in [0.4, 0.5) is 13.2 Å². The fourth-order valence-corrected chi connectivity index (χ4v) is 2.20. The van der Waals surface area contributed by atoms with E-state index in [0.29, 0.717) is 12.5 Å². The van der Waals surface area contributed by atoms with E-state index in [1.807, 2.05) is 0 Å². The number of nitrogens with one attached hydrogen (secondary N) is 2. The molecule has 1 fully saturated rings. The Labute approximate surface area is 112 Å². The van der Waals surface area contributed by atoms with Gasteiger partial charge in [0.05, 0.1) is 12.0 Å². The van der Waals surface area contributed by atoms with Crippen LogP contribution >= 0.6 is 0 Å². The topological polar surface area (TPSA) is 41.1 Å². The molecule has 19 heavy (non-hydrogen) atoms. The van der Waals surface area contributed by atoms with Crippen LogP contribution in [0.2, 0.25) is 0 Å². The standard InChI is InChI=1S/C13H23F3N2O/c1-9(2)4-3-7-17-12(19)11-6-5-10(8-18-11)13(14,15)16/h9-11,18H,3-8H2,1-2H3,(H,17,19). The van der Waals surface area contributed by atoms with E-state index in [1.54, 1.807) is 0 Å². The lowest BCUT2D eigenvalue weighted by atomic mass is 9.94. The first-order valence-electron chi connectivity index (χ1n) is 6.88. The first-order chi connectivity index (χ1) is 8.80. The second kappa shape index (κ2) is 7.12. The van der Waals surface area contributed by atoms with Gasteiger partial charge in [-0.1, -0.05) is 13.8 Å². The molecule has 1 aliphatic rings. The highest BCUT2D eigenvalue weighted by molar-refractivity contribution is 5.81. The molecule has 2 N–H and O–H groups in total. The smallest absolute Gasteiger partial charge is 0.355 e. The van der Waals surface area contributed by atoms with Crippen molar-refractivity contribution in [1.29, 1.82) is 0 Å². The Bertz CT molecular complexity index is 284. The molecule has 0 aliphatic carbocycles. The van der Waals surface area contributed by atoms with E-state index >= 15 is 0 Å². The highest BCUT2D eigenvalue weighted by atomic mass is 19.4. The number of amides is 1.